The average Bonchev–Trinajstić information content (AvgIpc) is 2.29. The second-order valence-corrected chi connectivity index (χ2v) is 3.55. The highest BCUT2D eigenvalue weighted by Crippen LogP contribution is 2.28. The van der Waals surface area contributed by atoms with E-state index in [0.29, 0.717) is 5.56 Å². The molecule has 0 radical (unpaired) electrons. The van der Waals surface area contributed by atoms with Crippen LogP contribution in [0.1, 0.15) is 11.1 Å². The summed E-state index contributed by atoms with van der Waals surface area (Å²) in [5.74, 6) is 0.281. The summed E-state index contributed by atoms with van der Waals surface area (Å²) >= 11 is 0. The minimum absolute atomic E-state index is 0.281. The van der Waals surface area contributed by atoms with Crippen LogP contribution in [0.25, 0.3) is 11.1 Å². The zero-order valence-electron chi connectivity index (χ0n) is 8.94. The van der Waals surface area contributed by atoms with Gasteiger partial charge < -0.3 is 5.73 Å². The lowest BCUT2D eigenvalue weighted by molar-refractivity contribution is 1.30. The number of rotatable bonds is 1. The van der Waals surface area contributed by atoms with Crippen LogP contribution in [0, 0.1) is 18.3 Å². The van der Waals surface area contributed by atoms with Crippen LogP contribution in [0.5, 0.6) is 0 Å². The van der Waals surface area contributed by atoms with Gasteiger partial charge in [0.25, 0.3) is 0 Å². The van der Waals surface area contributed by atoms with E-state index in [9.17, 15) is 0 Å². The Balaban J connectivity index is 2.71. The highest BCUT2D eigenvalue weighted by Gasteiger charge is 2.09. The maximum atomic E-state index is 9.08. The largest absolute Gasteiger partial charge is 0.383 e. The molecule has 0 fully saturated rings. The van der Waals surface area contributed by atoms with Gasteiger partial charge >= 0.3 is 0 Å². The second-order valence-electron chi connectivity index (χ2n) is 3.55. The normalized spacial score (nSPS) is 9.75. The van der Waals surface area contributed by atoms with Crippen LogP contribution >= 0.6 is 0 Å². The molecule has 0 aliphatic rings. The standard InChI is InChI=1S/C13H11N3/c1-9-4-2-3-5-10(9)11-6-7-16-13(15)12(11)8-14/h2-7H,1H3,(H2,15,16). The molecule has 2 N–H and O–H groups in total. The van der Waals surface area contributed by atoms with Crippen LogP contribution < -0.4 is 5.73 Å². The van der Waals surface area contributed by atoms with Crippen molar-refractivity contribution in [3.05, 3.63) is 47.7 Å². The van der Waals surface area contributed by atoms with Crippen molar-refractivity contribution in [3.8, 4) is 17.2 Å². The Kier molecular flexibility index (Phi) is 2.57. The van der Waals surface area contributed by atoms with E-state index in [1.807, 2.05) is 37.3 Å². The summed E-state index contributed by atoms with van der Waals surface area (Å²) in [6.07, 6.45) is 1.62. The first-order chi connectivity index (χ1) is 7.74. The number of aryl methyl sites for hydroxylation is 1. The van der Waals surface area contributed by atoms with E-state index in [-0.39, 0.29) is 5.82 Å². The minimum Gasteiger partial charge on any atom is -0.383 e. The molecular weight excluding hydrogens is 198 g/mol. The molecule has 2 rings (SSSR count). The number of nitriles is 1. The molecule has 0 saturated carbocycles. The summed E-state index contributed by atoms with van der Waals surface area (Å²) in [7, 11) is 0. The topological polar surface area (TPSA) is 62.7 Å². The summed E-state index contributed by atoms with van der Waals surface area (Å²) < 4.78 is 0. The fourth-order valence-corrected chi connectivity index (χ4v) is 1.70. The third-order valence-electron chi connectivity index (χ3n) is 2.53. The van der Waals surface area contributed by atoms with Gasteiger partial charge in [-0.25, -0.2) is 4.98 Å². The average molecular weight is 209 g/mol. The number of nitrogens with zero attached hydrogens (tertiary/aromatic N) is 2. The first-order valence-corrected chi connectivity index (χ1v) is 4.94. The summed E-state index contributed by atoms with van der Waals surface area (Å²) in [6, 6.07) is 11.8. The van der Waals surface area contributed by atoms with Gasteiger partial charge in [-0.1, -0.05) is 24.3 Å². The SMILES string of the molecule is Cc1ccccc1-c1ccnc(N)c1C#N. The molecule has 0 saturated heterocycles. The predicted octanol–water partition coefficient (Wildman–Crippen LogP) is 2.51. The van der Waals surface area contributed by atoms with Crippen LogP contribution in [0.2, 0.25) is 0 Å². The molecule has 1 aromatic heterocycles. The van der Waals surface area contributed by atoms with Gasteiger partial charge in [0.2, 0.25) is 0 Å². The molecule has 1 heterocycles. The number of pyridine rings is 1. The van der Waals surface area contributed by atoms with E-state index in [1.54, 1.807) is 6.20 Å². The van der Waals surface area contributed by atoms with E-state index in [4.69, 9.17) is 11.0 Å². The van der Waals surface area contributed by atoms with Crippen LogP contribution in [0.4, 0.5) is 5.82 Å². The van der Waals surface area contributed by atoms with E-state index in [1.165, 1.54) is 0 Å². The molecule has 0 amide bonds. The van der Waals surface area contributed by atoms with E-state index in [2.05, 4.69) is 11.1 Å². The lowest BCUT2D eigenvalue weighted by atomic mass is 9.97. The lowest BCUT2D eigenvalue weighted by Gasteiger charge is -2.08. The molecular formula is C13H11N3. The van der Waals surface area contributed by atoms with E-state index < -0.39 is 0 Å². The number of nitrogen functional groups attached to an aromatic ring is 1. The molecule has 0 spiro atoms. The molecule has 0 bridgehead atoms. The Morgan fingerprint density at radius 1 is 1.19 bits per heavy atom. The second kappa shape index (κ2) is 4.03. The van der Waals surface area contributed by atoms with Crippen LogP contribution in [0.3, 0.4) is 0 Å². The van der Waals surface area contributed by atoms with Crippen molar-refractivity contribution in [1.29, 1.82) is 5.26 Å². The van der Waals surface area contributed by atoms with Gasteiger partial charge in [0, 0.05) is 11.8 Å². The van der Waals surface area contributed by atoms with Gasteiger partial charge in [0.1, 0.15) is 17.5 Å². The first-order valence-electron chi connectivity index (χ1n) is 4.94. The quantitative estimate of drug-likeness (QED) is 0.784. The van der Waals surface area contributed by atoms with Crippen molar-refractivity contribution in [2.45, 2.75) is 6.92 Å². The van der Waals surface area contributed by atoms with Crippen LogP contribution in [-0.4, -0.2) is 4.98 Å². The highest BCUT2D eigenvalue weighted by molar-refractivity contribution is 5.76. The van der Waals surface area contributed by atoms with Crippen molar-refractivity contribution in [3.63, 3.8) is 0 Å². The van der Waals surface area contributed by atoms with E-state index >= 15 is 0 Å². The molecule has 16 heavy (non-hydrogen) atoms. The van der Waals surface area contributed by atoms with Crippen LogP contribution in [0.15, 0.2) is 36.5 Å². The number of hydrogen-bond donors (Lipinski definition) is 1. The Labute approximate surface area is 94.2 Å². The maximum absolute atomic E-state index is 9.08. The summed E-state index contributed by atoms with van der Waals surface area (Å²) in [5, 5.41) is 9.08. The maximum Gasteiger partial charge on any atom is 0.141 e. The molecule has 0 atom stereocenters. The summed E-state index contributed by atoms with van der Waals surface area (Å²) in [5.41, 5.74) is 9.10. The number of aromatic nitrogens is 1. The van der Waals surface area contributed by atoms with Crippen molar-refractivity contribution in [2.24, 2.45) is 0 Å². The fourth-order valence-electron chi connectivity index (χ4n) is 1.70. The molecule has 0 unspecified atom stereocenters. The van der Waals surface area contributed by atoms with Crippen molar-refractivity contribution >= 4 is 5.82 Å². The van der Waals surface area contributed by atoms with Gasteiger partial charge in [-0.15, -0.1) is 0 Å². The molecule has 1 aromatic carbocycles. The lowest BCUT2D eigenvalue weighted by Crippen LogP contribution is -1.97. The molecule has 0 aliphatic carbocycles. The fraction of sp³-hybridized carbons (Fsp3) is 0.0769. The van der Waals surface area contributed by atoms with Crippen molar-refractivity contribution < 1.29 is 0 Å². The van der Waals surface area contributed by atoms with Gasteiger partial charge in [0.05, 0.1) is 0 Å². The zero-order valence-corrected chi connectivity index (χ0v) is 8.94. The van der Waals surface area contributed by atoms with Crippen molar-refractivity contribution in [1.82, 2.24) is 4.98 Å². The minimum atomic E-state index is 0.281. The molecule has 78 valence electrons. The zero-order chi connectivity index (χ0) is 11.5. The van der Waals surface area contributed by atoms with E-state index in [0.717, 1.165) is 16.7 Å². The molecule has 3 heteroatoms. The van der Waals surface area contributed by atoms with Crippen LogP contribution in [-0.2, 0) is 0 Å². The number of nitrogens with two attached hydrogens (primary N) is 1. The summed E-state index contributed by atoms with van der Waals surface area (Å²) in [4.78, 5) is 3.92. The smallest absolute Gasteiger partial charge is 0.141 e. The van der Waals surface area contributed by atoms with Gasteiger partial charge in [-0.3, -0.25) is 0 Å². The Hall–Kier alpha value is -2.34. The Morgan fingerprint density at radius 3 is 2.62 bits per heavy atom. The molecule has 3 nitrogen and oxygen atoms in total. The van der Waals surface area contributed by atoms with Gasteiger partial charge in [0.15, 0.2) is 0 Å². The molecule has 0 aliphatic heterocycles. The monoisotopic (exact) mass is 209 g/mol. The highest BCUT2D eigenvalue weighted by atomic mass is 14.8. The van der Waals surface area contributed by atoms with Gasteiger partial charge in [-0.2, -0.15) is 5.26 Å². The third-order valence-corrected chi connectivity index (χ3v) is 2.53. The molecule has 2 aromatic rings. The Morgan fingerprint density at radius 2 is 1.94 bits per heavy atom. The number of hydrogen-bond acceptors (Lipinski definition) is 3. The Bertz CT molecular complexity index is 568. The van der Waals surface area contributed by atoms with Crippen molar-refractivity contribution in [2.75, 3.05) is 5.73 Å². The van der Waals surface area contributed by atoms with Gasteiger partial charge in [-0.05, 0) is 24.1 Å². The number of anilines is 1. The first kappa shape index (κ1) is 10.2. The predicted molar refractivity (Wildman–Crippen MR) is 63.5 cm³/mol. The summed E-state index contributed by atoms with van der Waals surface area (Å²) in [6.45, 7) is 2.01. The third kappa shape index (κ3) is 1.61. The number of benzene rings is 1.